The molecule has 1 atom stereocenters. The molecule has 1 aromatic heterocycles. The second-order valence-corrected chi connectivity index (χ2v) is 4.86. The van der Waals surface area contributed by atoms with Gasteiger partial charge in [-0.15, -0.1) is 0 Å². The summed E-state index contributed by atoms with van der Waals surface area (Å²) >= 11 is 6.08. The van der Waals surface area contributed by atoms with E-state index < -0.39 is 0 Å². The van der Waals surface area contributed by atoms with E-state index in [4.69, 9.17) is 11.6 Å². The second-order valence-electron chi connectivity index (χ2n) is 4.45. The van der Waals surface area contributed by atoms with Crippen LogP contribution >= 0.6 is 11.6 Å². The number of nitrogens with zero attached hydrogens (tertiary/aromatic N) is 1. The highest BCUT2D eigenvalue weighted by Crippen LogP contribution is 2.20. The molecule has 0 radical (unpaired) electrons. The van der Waals surface area contributed by atoms with E-state index in [9.17, 15) is 4.79 Å². The summed E-state index contributed by atoms with van der Waals surface area (Å²) in [5.74, 6) is 0.499. The van der Waals surface area contributed by atoms with Gasteiger partial charge in [0.25, 0.3) is 5.91 Å². The van der Waals surface area contributed by atoms with Crippen LogP contribution < -0.4 is 10.6 Å². The number of anilines is 1. The first-order chi connectivity index (χ1) is 9.12. The zero-order valence-corrected chi connectivity index (χ0v) is 12.5. The molecule has 1 aromatic rings. The lowest BCUT2D eigenvalue weighted by molar-refractivity contribution is 0.0933. The number of hydrogen-bond acceptors (Lipinski definition) is 3. The van der Waals surface area contributed by atoms with Crippen LogP contribution in [-0.4, -0.2) is 23.5 Å². The summed E-state index contributed by atoms with van der Waals surface area (Å²) < 4.78 is 0. The fourth-order valence-electron chi connectivity index (χ4n) is 1.86. The van der Waals surface area contributed by atoms with Crippen molar-refractivity contribution >= 4 is 23.3 Å². The van der Waals surface area contributed by atoms with Gasteiger partial charge in [0.2, 0.25) is 0 Å². The Hall–Kier alpha value is -1.29. The van der Waals surface area contributed by atoms with Crippen LogP contribution in [0.4, 0.5) is 5.82 Å². The molecule has 1 unspecified atom stereocenters. The summed E-state index contributed by atoms with van der Waals surface area (Å²) in [6.07, 6.45) is 4.52. The van der Waals surface area contributed by atoms with Gasteiger partial charge in [-0.2, -0.15) is 0 Å². The molecule has 1 rings (SSSR count). The molecule has 0 saturated carbocycles. The molecule has 0 spiro atoms. The van der Waals surface area contributed by atoms with Crippen molar-refractivity contribution < 1.29 is 4.79 Å². The molecule has 0 aliphatic carbocycles. The molecule has 106 valence electrons. The fraction of sp³-hybridized carbons (Fsp3) is 0.571. The van der Waals surface area contributed by atoms with Crippen molar-refractivity contribution in [3.8, 4) is 0 Å². The highest BCUT2D eigenvalue weighted by atomic mass is 35.5. The SMILES string of the molecule is CCCC(CC)NC(=O)c1cnc(NCC)c(Cl)c1. The van der Waals surface area contributed by atoms with Crippen molar-refractivity contribution in [2.45, 2.75) is 46.1 Å². The number of nitrogens with one attached hydrogen (secondary N) is 2. The van der Waals surface area contributed by atoms with E-state index in [1.807, 2.05) is 6.92 Å². The van der Waals surface area contributed by atoms with Crippen LogP contribution in [0.15, 0.2) is 12.3 Å². The third kappa shape index (κ3) is 4.71. The Morgan fingerprint density at radius 2 is 2.16 bits per heavy atom. The zero-order chi connectivity index (χ0) is 14.3. The number of pyridine rings is 1. The third-order valence-corrected chi connectivity index (χ3v) is 3.20. The maximum Gasteiger partial charge on any atom is 0.253 e. The second kappa shape index (κ2) is 8.00. The molecule has 0 aliphatic rings. The number of rotatable bonds is 7. The van der Waals surface area contributed by atoms with Gasteiger partial charge in [-0.3, -0.25) is 4.79 Å². The minimum absolute atomic E-state index is 0.113. The molecule has 0 bridgehead atoms. The normalized spacial score (nSPS) is 12.0. The molecule has 1 heterocycles. The van der Waals surface area contributed by atoms with Crippen LogP contribution in [0.5, 0.6) is 0 Å². The van der Waals surface area contributed by atoms with E-state index in [1.54, 1.807) is 12.3 Å². The number of aromatic nitrogens is 1. The van der Waals surface area contributed by atoms with Crippen LogP contribution in [0.1, 0.15) is 50.4 Å². The monoisotopic (exact) mass is 283 g/mol. The van der Waals surface area contributed by atoms with Crippen molar-refractivity contribution in [3.05, 3.63) is 22.8 Å². The predicted octanol–water partition coefficient (Wildman–Crippen LogP) is 3.48. The number of carbonyl (C=O) groups excluding carboxylic acids is 1. The van der Waals surface area contributed by atoms with Gasteiger partial charge < -0.3 is 10.6 Å². The van der Waals surface area contributed by atoms with Crippen LogP contribution in [0.2, 0.25) is 5.02 Å². The first kappa shape index (κ1) is 15.8. The Labute approximate surface area is 120 Å². The molecule has 5 heteroatoms. The highest BCUT2D eigenvalue weighted by molar-refractivity contribution is 6.33. The Kier molecular flexibility index (Phi) is 6.64. The molecule has 4 nitrogen and oxygen atoms in total. The van der Waals surface area contributed by atoms with E-state index >= 15 is 0 Å². The highest BCUT2D eigenvalue weighted by Gasteiger charge is 2.13. The van der Waals surface area contributed by atoms with E-state index in [2.05, 4.69) is 29.5 Å². The quantitative estimate of drug-likeness (QED) is 0.805. The first-order valence-corrected chi connectivity index (χ1v) is 7.20. The maximum absolute atomic E-state index is 12.1. The largest absolute Gasteiger partial charge is 0.369 e. The third-order valence-electron chi connectivity index (χ3n) is 2.91. The average molecular weight is 284 g/mol. The van der Waals surface area contributed by atoms with Crippen molar-refractivity contribution in [1.29, 1.82) is 0 Å². The lowest BCUT2D eigenvalue weighted by Crippen LogP contribution is -2.34. The van der Waals surface area contributed by atoms with Crippen molar-refractivity contribution in [1.82, 2.24) is 10.3 Å². The number of amides is 1. The number of carbonyl (C=O) groups is 1. The van der Waals surface area contributed by atoms with Crippen LogP contribution in [0.3, 0.4) is 0 Å². The van der Waals surface area contributed by atoms with Crippen LogP contribution in [0, 0.1) is 0 Å². The minimum atomic E-state index is -0.113. The Balaban J connectivity index is 2.74. The summed E-state index contributed by atoms with van der Waals surface area (Å²) in [7, 11) is 0. The topological polar surface area (TPSA) is 54.0 Å². The Bertz CT molecular complexity index is 423. The van der Waals surface area contributed by atoms with Gasteiger partial charge >= 0.3 is 0 Å². The summed E-state index contributed by atoms with van der Waals surface area (Å²) in [6.45, 7) is 6.89. The molecule has 1 amide bonds. The van der Waals surface area contributed by atoms with Gasteiger partial charge in [-0.25, -0.2) is 4.98 Å². The van der Waals surface area contributed by atoms with Gasteiger partial charge in [0.15, 0.2) is 0 Å². The van der Waals surface area contributed by atoms with Gasteiger partial charge in [0.1, 0.15) is 5.82 Å². The van der Waals surface area contributed by atoms with E-state index in [0.717, 1.165) is 25.8 Å². The molecule has 0 fully saturated rings. The van der Waals surface area contributed by atoms with Crippen molar-refractivity contribution in [3.63, 3.8) is 0 Å². The van der Waals surface area contributed by atoms with Gasteiger partial charge in [0.05, 0.1) is 10.6 Å². The fourth-order valence-corrected chi connectivity index (χ4v) is 2.09. The van der Waals surface area contributed by atoms with Gasteiger partial charge in [-0.1, -0.05) is 31.9 Å². The summed E-state index contributed by atoms with van der Waals surface area (Å²) in [6, 6.07) is 1.87. The molecule has 0 aromatic carbocycles. The lowest BCUT2D eigenvalue weighted by atomic mass is 10.1. The van der Waals surface area contributed by atoms with E-state index in [0.29, 0.717) is 16.4 Å². The average Bonchev–Trinajstić information content (AvgIpc) is 2.40. The molecular formula is C14H22ClN3O. The first-order valence-electron chi connectivity index (χ1n) is 6.82. The van der Waals surface area contributed by atoms with E-state index in [1.165, 1.54) is 0 Å². The van der Waals surface area contributed by atoms with Crippen LogP contribution in [0.25, 0.3) is 0 Å². The Morgan fingerprint density at radius 3 is 2.68 bits per heavy atom. The molecule has 2 N–H and O–H groups in total. The number of hydrogen-bond donors (Lipinski definition) is 2. The summed E-state index contributed by atoms with van der Waals surface area (Å²) in [4.78, 5) is 16.2. The number of halogens is 1. The molecular weight excluding hydrogens is 262 g/mol. The van der Waals surface area contributed by atoms with Gasteiger partial charge in [0, 0.05) is 18.8 Å². The smallest absolute Gasteiger partial charge is 0.253 e. The summed E-state index contributed by atoms with van der Waals surface area (Å²) in [5.41, 5.74) is 0.501. The van der Waals surface area contributed by atoms with Crippen LogP contribution in [-0.2, 0) is 0 Å². The summed E-state index contributed by atoms with van der Waals surface area (Å²) in [5, 5.41) is 6.51. The standard InChI is InChI=1S/C14H22ClN3O/c1-4-7-11(5-2)18-14(19)10-8-12(15)13(16-6-3)17-9-10/h8-9,11H,4-7H2,1-3H3,(H,16,17)(H,18,19). The predicted molar refractivity (Wildman–Crippen MR) is 79.9 cm³/mol. The van der Waals surface area contributed by atoms with Crippen molar-refractivity contribution in [2.75, 3.05) is 11.9 Å². The zero-order valence-electron chi connectivity index (χ0n) is 11.8. The molecule has 19 heavy (non-hydrogen) atoms. The lowest BCUT2D eigenvalue weighted by Gasteiger charge is -2.16. The van der Waals surface area contributed by atoms with E-state index in [-0.39, 0.29) is 11.9 Å². The molecule has 0 aliphatic heterocycles. The molecule has 0 saturated heterocycles. The van der Waals surface area contributed by atoms with Crippen molar-refractivity contribution in [2.24, 2.45) is 0 Å². The Morgan fingerprint density at radius 1 is 1.42 bits per heavy atom. The van der Waals surface area contributed by atoms with Gasteiger partial charge in [-0.05, 0) is 25.8 Å². The maximum atomic E-state index is 12.1. The minimum Gasteiger partial charge on any atom is -0.369 e.